The molecule has 0 radical (unpaired) electrons. The molecule has 0 aliphatic heterocycles. The molecular weight excluding hydrogens is 318 g/mol. The monoisotopic (exact) mass is 328 g/mol. The van der Waals surface area contributed by atoms with Crippen LogP contribution in [0.25, 0.3) is 0 Å². The first-order valence-electron chi connectivity index (χ1n) is 5.75. The zero-order valence-corrected chi connectivity index (χ0v) is 12.8. The van der Waals surface area contributed by atoms with Crippen LogP contribution in [0.4, 0.5) is 15.8 Å². The van der Waals surface area contributed by atoms with Gasteiger partial charge in [-0.1, -0.05) is 23.2 Å². The highest BCUT2D eigenvalue weighted by Crippen LogP contribution is 2.25. The molecule has 2 rings (SSSR count). The van der Waals surface area contributed by atoms with E-state index in [-0.39, 0.29) is 5.82 Å². The molecule has 0 saturated carbocycles. The molecule has 2 N–H and O–H groups in total. The van der Waals surface area contributed by atoms with Crippen molar-refractivity contribution in [3.63, 3.8) is 0 Å². The fourth-order valence-corrected chi connectivity index (χ4v) is 2.15. The topological polar surface area (TPSA) is 24.1 Å². The van der Waals surface area contributed by atoms with Gasteiger partial charge < -0.3 is 10.6 Å². The number of hydrogen-bond acceptors (Lipinski definition) is 1. The summed E-state index contributed by atoms with van der Waals surface area (Å²) in [5.74, 6) is -0.281. The molecule has 6 heteroatoms. The van der Waals surface area contributed by atoms with E-state index in [1.807, 2.05) is 0 Å². The van der Waals surface area contributed by atoms with Crippen molar-refractivity contribution >= 4 is 51.9 Å². The molecule has 0 spiro atoms. The highest BCUT2D eigenvalue weighted by atomic mass is 35.5. The van der Waals surface area contributed by atoms with Gasteiger partial charge in [0.25, 0.3) is 0 Å². The first kappa shape index (κ1) is 15.0. The molecular formula is C14H11Cl2FN2S. The zero-order valence-electron chi connectivity index (χ0n) is 10.5. The maximum Gasteiger partial charge on any atom is 0.175 e. The Bertz CT molecular complexity index is 662. The smallest absolute Gasteiger partial charge is 0.175 e. The van der Waals surface area contributed by atoms with Crippen LogP contribution in [0.1, 0.15) is 5.56 Å². The fraction of sp³-hybridized carbons (Fsp3) is 0.0714. The Morgan fingerprint density at radius 2 is 1.80 bits per heavy atom. The third-order valence-corrected chi connectivity index (χ3v) is 3.56. The number of nitrogens with one attached hydrogen (secondary N) is 2. The van der Waals surface area contributed by atoms with Crippen LogP contribution in [0.5, 0.6) is 0 Å². The van der Waals surface area contributed by atoms with Crippen LogP contribution < -0.4 is 10.6 Å². The molecule has 104 valence electrons. The van der Waals surface area contributed by atoms with Crippen molar-refractivity contribution in [2.24, 2.45) is 0 Å². The minimum atomic E-state index is -0.281. The predicted molar refractivity (Wildman–Crippen MR) is 87.4 cm³/mol. The standard InChI is InChI=1S/C14H11Cl2FN2S/c1-8-6-9(17)2-5-13(8)19-14(20)18-10-3-4-11(15)12(16)7-10/h2-7H,1H3,(H2,18,19,20). The van der Waals surface area contributed by atoms with Crippen molar-refractivity contribution in [3.05, 3.63) is 57.8 Å². The summed E-state index contributed by atoms with van der Waals surface area (Å²) in [4.78, 5) is 0. The van der Waals surface area contributed by atoms with E-state index in [9.17, 15) is 4.39 Å². The van der Waals surface area contributed by atoms with Crippen LogP contribution in [-0.4, -0.2) is 5.11 Å². The molecule has 0 bridgehead atoms. The SMILES string of the molecule is Cc1cc(F)ccc1NC(=S)Nc1ccc(Cl)c(Cl)c1. The van der Waals surface area contributed by atoms with Gasteiger partial charge in [-0.3, -0.25) is 0 Å². The van der Waals surface area contributed by atoms with Crippen LogP contribution in [0, 0.1) is 12.7 Å². The molecule has 0 amide bonds. The molecule has 0 unspecified atom stereocenters. The fourth-order valence-electron chi connectivity index (χ4n) is 1.63. The number of rotatable bonds is 2. The Hall–Kier alpha value is -1.36. The van der Waals surface area contributed by atoms with E-state index in [4.69, 9.17) is 35.4 Å². The Morgan fingerprint density at radius 1 is 1.05 bits per heavy atom. The molecule has 2 aromatic rings. The van der Waals surface area contributed by atoms with Crippen molar-refractivity contribution in [3.8, 4) is 0 Å². The number of hydrogen-bond donors (Lipinski definition) is 2. The first-order valence-corrected chi connectivity index (χ1v) is 6.91. The highest BCUT2D eigenvalue weighted by Gasteiger charge is 2.04. The summed E-state index contributed by atoms with van der Waals surface area (Å²) < 4.78 is 13.0. The van der Waals surface area contributed by atoms with Crippen LogP contribution in [0.2, 0.25) is 10.0 Å². The summed E-state index contributed by atoms with van der Waals surface area (Å²) in [5, 5.41) is 7.29. The summed E-state index contributed by atoms with van der Waals surface area (Å²) in [6.07, 6.45) is 0. The van der Waals surface area contributed by atoms with Gasteiger partial charge >= 0.3 is 0 Å². The second kappa shape index (κ2) is 6.39. The molecule has 2 aromatic carbocycles. The van der Waals surface area contributed by atoms with E-state index in [2.05, 4.69) is 10.6 Å². The minimum absolute atomic E-state index is 0.281. The van der Waals surface area contributed by atoms with Crippen molar-refractivity contribution < 1.29 is 4.39 Å². The van der Waals surface area contributed by atoms with E-state index in [1.54, 1.807) is 31.2 Å². The number of benzene rings is 2. The summed E-state index contributed by atoms with van der Waals surface area (Å²) in [5.41, 5.74) is 2.23. The number of anilines is 2. The summed E-state index contributed by atoms with van der Waals surface area (Å²) in [7, 11) is 0. The second-order valence-corrected chi connectivity index (χ2v) is 5.39. The lowest BCUT2D eigenvalue weighted by molar-refractivity contribution is 0.627. The summed E-state index contributed by atoms with van der Waals surface area (Å²) >= 11 is 17.0. The molecule has 2 nitrogen and oxygen atoms in total. The molecule has 0 aliphatic rings. The largest absolute Gasteiger partial charge is 0.332 e. The van der Waals surface area contributed by atoms with Crippen LogP contribution in [-0.2, 0) is 0 Å². The zero-order chi connectivity index (χ0) is 14.7. The normalized spacial score (nSPS) is 10.2. The molecule has 0 fully saturated rings. The maximum atomic E-state index is 13.0. The average molecular weight is 329 g/mol. The lowest BCUT2D eigenvalue weighted by Gasteiger charge is -2.13. The maximum absolute atomic E-state index is 13.0. The summed E-state index contributed by atoms with van der Waals surface area (Å²) in [6, 6.07) is 9.56. The van der Waals surface area contributed by atoms with Gasteiger partial charge in [0.2, 0.25) is 0 Å². The van der Waals surface area contributed by atoms with E-state index in [1.165, 1.54) is 12.1 Å². The van der Waals surface area contributed by atoms with Crippen LogP contribution in [0.3, 0.4) is 0 Å². The molecule has 0 heterocycles. The van der Waals surface area contributed by atoms with Crippen LogP contribution >= 0.6 is 35.4 Å². The van der Waals surface area contributed by atoms with Gasteiger partial charge in [0.05, 0.1) is 10.0 Å². The third kappa shape index (κ3) is 3.82. The molecule has 0 atom stereocenters. The van der Waals surface area contributed by atoms with Crippen molar-refractivity contribution in [2.45, 2.75) is 6.92 Å². The Balaban J connectivity index is 2.07. The Labute approximate surface area is 131 Å². The molecule has 0 saturated heterocycles. The van der Waals surface area contributed by atoms with E-state index >= 15 is 0 Å². The predicted octanol–water partition coefficient (Wildman–Crippen LogP) is 5.25. The van der Waals surface area contributed by atoms with E-state index in [0.717, 1.165) is 16.9 Å². The summed E-state index contributed by atoms with van der Waals surface area (Å²) in [6.45, 7) is 1.80. The molecule has 0 aliphatic carbocycles. The first-order chi connectivity index (χ1) is 9.45. The van der Waals surface area contributed by atoms with E-state index < -0.39 is 0 Å². The van der Waals surface area contributed by atoms with Gasteiger partial charge in [0.1, 0.15) is 5.82 Å². The van der Waals surface area contributed by atoms with Gasteiger partial charge in [0, 0.05) is 11.4 Å². The van der Waals surface area contributed by atoms with Gasteiger partial charge in [-0.15, -0.1) is 0 Å². The number of aryl methyl sites for hydroxylation is 1. The lowest BCUT2D eigenvalue weighted by Crippen LogP contribution is -2.19. The van der Waals surface area contributed by atoms with Gasteiger partial charge in [-0.2, -0.15) is 0 Å². The quantitative estimate of drug-likeness (QED) is 0.736. The number of halogens is 3. The third-order valence-electron chi connectivity index (χ3n) is 2.61. The Kier molecular flexibility index (Phi) is 4.81. The molecule has 0 aromatic heterocycles. The van der Waals surface area contributed by atoms with Crippen molar-refractivity contribution in [1.29, 1.82) is 0 Å². The number of thiocarbonyl (C=S) groups is 1. The average Bonchev–Trinajstić information content (AvgIpc) is 2.37. The second-order valence-electron chi connectivity index (χ2n) is 4.17. The van der Waals surface area contributed by atoms with E-state index in [0.29, 0.717) is 15.2 Å². The molecule has 20 heavy (non-hydrogen) atoms. The van der Waals surface area contributed by atoms with Gasteiger partial charge in [-0.25, -0.2) is 4.39 Å². The van der Waals surface area contributed by atoms with Crippen LogP contribution in [0.15, 0.2) is 36.4 Å². The highest BCUT2D eigenvalue weighted by molar-refractivity contribution is 7.80. The van der Waals surface area contributed by atoms with Gasteiger partial charge in [-0.05, 0) is 61.1 Å². The van der Waals surface area contributed by atoms with Crippen molar-refractivity contribution in [1.82, 2.24) is 0 Å². The van der Waals surface area contributed by atoms with Gasteiger partial charge in [0.15, 0.2) is 5.11 Å². The van der Waals surface area contributed by atoms with Crippen molar-refractivity contribution in [2.75, 3.05) is 10.6 Å². The lowest BCUT2D eigenvalue weighted by atomic mass is 10.2. The minimum Gasteiger partial charge on any atom is -0.332 e. The Morgan fingerprint density at radius 3 is 2.45 bits per heavy atom.